The van der Waals surface area contributed by atoms with Gasteiger partial charge in [-0.2, -0.15) is 127 Å². The average molecular weight is 750 g/mol. The van der Waals surface area contributed by atoms with E-state index >= 15 is 0 Å². The third-order valence-corrected chi connectivity index (χ3v) is 5.99. The van der Waals surface area contributed by atoms with E-state index < -0.39 is 88.8 Å². The van der Waals surface area contributed by atoms with Crippen molar-refractivity contribution in [3.8, 4) is 0 Å². The van der Waals surface area contributed by atoms with E-state index in [2.05, 4.69) is 0 Å². The summed E-state index contributed by atoms with van der Waals surface area (Å²) in [5.74, 6) is -125. The summed E-state index contributed by atoms with van der Waals surface area (Å²) < 4.78 is 403. The normalized spacial score (nSPS) is 25.5. The predicted octanol–water partition coefficient (Wildman–Crippen LogP) is 9.53. The number of hydrogen-bond acceptors (Lipinski definition) is 0. The standard InChI is InChI=1S/C15F30/c16-1(2(17,18)5(23,24)8(29,30)9(31,32)6(25,26)3(1,19)20)4(21,22)7(27,28)10(33,34)11(35,36)12(37,38)13(39,40)14(41,42)15(43,44)45. The molecule has 0 amide bonds. The Bertz CT molecular complexity index is 1110. The van der Waals surface area contributed by atoms with Crippen molar-refractivity contribution in [2.45, 2.75) is 88.8 Å². The molecule has 1 aliphatic carbocycles. The highest BCUT2D eigenvalue weighted by Gasteiger charge is 3.08. The smallest absolute Gasteiger partial charge is 0.223 e. The lowest BCUT2D eigenvalue weighted by Crippen LogP contribution is -2.82. The molecule has 1 rings (SSSR count). The fourth-order valence-electron chi connectivity index (χ4n) is 3.19. The van der Waals surface area contributed by atoms with E-state index in [1.807, 2.05) is 0 Å². The molecule has 0 atom stereocenters. The van der Waals surface area contributed by atoms with Crippen LogP contribution >= 0.6 is 0 Å². The lowest BCUT2D eigenvalue weighted by atomic mass is 9.75. The molecule has 1 fully saturated rings. The Morgan fingerprint density at radius 3 is 0.622 bits per heavy atom. The third-order valence-electron chi connectivity index (χ3n) is 5.99. The molecule has 0 aromatic heterocycles. The van der Waals surface area contributed by atoms with E-state index in [0.29, 0.717) is 0 Å². The maximum Gasteiger partial charge on any atom is 0.460 e. The molecule has 0 spiro atoms. The monoisotopic (exact) mass is 750 g/mol. The maximum absolute atomic E-state index is 14.6. The summed E-state index contributed by atoms with van der Waals surface area (Å²) in [5, 5.41) is 0. The summed E-state index contributed by atoms with van der Waals surface area (Å²) in [7, 11) is 0. The molecule has 270 valence electrons. The number of hydrogen-bond donors (Lipinski definition) is 0. The highest BCUT2D eigenvalue weighted by Crippen LogP contribution is 2.75. The van der Waals surface area contributed by atoms with Crippen molar-refractivity contribution in [2.75, 3.05) is 0 Å². The first-order valence-corrected chi connectivity index (χ1v) is 9.42. The Balaban J connectivity index is 4.37. The summed E-state index contributed by atoms with van der Waals surface area (Å²) in [6.07, 6.45) is -8.36. The Morgan fingerprint density at radius 1 is 0.222 bits per heavy atom. The number of alkyl halides is 30. The summed E-state index contributed by atoms with van der Waals surface area (Å²) in [6, 6.07) is 0. The molecule has 0 bridgehead atoms. The Labute approximate surface area is 222 Å². The van der Waals surface area contributed by atoms with Crippen LogP contribution in [0.25, 0.3) is 0 Å². The van der Waals surface area contributed by atoms with Gasteiger partial charge in [0.05, 0.1) is 0 Å². The van der Waals surface area contributed by atoms with Crippen LogP contribution in [0.1, 0.15) is 0 Å². The lowest BCUT2D eigenvalue weighted by molar-refractivity contribution is -0.483. The number of halogens is 30. The first-order valence-electron chi connectivity index (χ1n) is 9.42. The van der Waals surface area contributed by atoms with Gasteiger partial charge in [-0.25, -0.2) is 4.39 Å². The topological polar surface area (TPSA) is 0 Å². The van der Waals surface area contributed by atoms with Crippen molar-refractivity contribution in [3.05, 3.63) is 0 Å². The van der Waals surface area contributed by atoms with Gasteiger partial charge in [-0.1, -0.05) is 0 Å². The van der Waals surface area contributed by atoms with Gasteiger partial charge in [0, 0.05) is 0 Å². The molecule has 0 aromatic rings. The van der Waals surface area contributed by atoms with Crippen molar-refractivity contribution >= 4 is 0 Å². The zero-order chi connectivity index (χ0) is 37.5. The first kappa shape index (κ1) is 40.9. The van der Waals surface area contributed by atoms with E-state index in [-0.39, 0.29) is 0 Å². The van der Waals surface area contributed by atoms with Crippen molar-refractivity contribution < 1.29 is 132 Å². The van der Waals surface area contributed by atoms with Crippen molar-refractivity contribution in [2.24, 2.45) is 0 Å². The Kier molecular flexibility index (Phi) is 8.25. The van der Waals surface area contributed by atoms with Crippen molar-refractivity contribution in [1.29, 1.82) is 0 Å². The average Bonchev–Trinajstić information content (AvgIpc) is 2.80. The second-order valence-electron chi connectivity index (χ2n) is 8.62. The van der Waals surface area contributed by atoms with Crippen LogP contribution in [0.5, 0.6) is 0 Å². The van der Waals surface area contributed by atoms with Crippen LogP contribution < -0.4 is 0 Å². The molecule has 1 aliphatic rings. The molecule has 0 saturated heterocycles. The summed E-state index contributed by atoms with van der Waals surface area (Å²) >= 11 is 0. The van der Waals surface area contributed by atoms with Crippen LogP contribution in [-0.2, 0) is 0 Å². The summed E-state index contributed by atoms with van der Waals surface area (Å²) in [4.78, 5) is 0. The van der Waals surface area contributed by atoms with Gasteiger partial charge in [0.1, 0.15) is 0 Å². The quantitative estimate of drug-likeness (QED) is 0.180. The fraction of sp³-hybridized carbons (Fsp3) is 1.00. The van der Waals surface area contributed by atoms with Crippen LogP contribution in [-0.4, -0.2) is 88.8 Å². The predicted molar refractivity (Wildman–Crippen MR) is 74.2 cm³/mol. The molecule has 0 aliphatic heterocycles. The largest absolute Gasteiger partial charge is 0.460 e. The molecule has 0 unspecified atom stereocenters. The molecule has 1 saturated carbocycles. The zero-order valence-electron chi connectivity index (χ0n) is 18.8. The Morgan fingerprint density at radius 2 is 0.400 bits per heavy atom. The fourth-order valence-corrected chi connectivity index (χ4v) is 3.19. The van der Waals surface area contributed by atoms with Crippen LogP contribution in [0.4, 0.5) is 132 Å². The Hall–Kier alpha value is -2.10. The molecule has 0 nitrogen and oxygen atoms in total. The second-order valence-corrected chi connectivity index (χ2v) is 8.62. The minimum atomic E-state index is -10.4. The van der Waals surface area contributed by atoms with Gasteiger partial charge in [0.15, 0.2) is 0 Å². The van der Waals surface area contributed by atoms with Gasteiger partial charge in [0.25, 0.3) is 0 Å². The molecular formula is C15F30. The molecule has 0 radical (unpaired) electrons. The van der Waals surface area contributed by atoms with Gasteiger partial charge in [-0.15, -0.1) is 0 Å². The molecule has 30 heteroatoms. The summed E-state index contributed by atoms with van der Waals surface area (Å²) in [6.45, 7) is 0. The molecular weight excluding hydrogens is 750 g/mol. The van der Waals surface area contributed by atoms with Crippen LogP contribution in [0.3, 0.4) is 0 Å². The van der Waals surface area contributed by atoms with Gasteiger partial charge in [0.2, 0.25) is 0 Å². The zero-order valence-corrected chi connectivity index (χ0v) is 18.8. The minimum absolute atomic E-state index is 8.36. The van der Waals surface area contributed by atoms with Crippen LogP contribution in [0, 0.1) is 0 Å². The summed E-state index contributed by atoms with van der Waals surface area (Å²) in [5.41, 5.74) is -10.3. The van der Waals surface area contributed by atoms with Gasteiger partial charge in [-0.05, 0) is 0 Å². The SMILES string of the molecule is FC(F)(F)C(F)(F)C(F)(F)C(F)(F)C(F)(F)C(F)(F)C(F)(F)C(F)(F)C1(F)C(F)(F)C(F)(F)C(F)(F)C(F)(F)C(F)(F)C1(F)F. The highest BCUT2D eigenvalue weighted by molar-refractivity contribution is 5.32. The van der Waals surface area contributed by atoms with Crippen LogP contribution in [0.15, 0.2) is 0 Å². The highest BCUT2D eigenvalue weighted by atomic mass is 19.4. The van der Waals surface area contributed by atoms with E-state index in [1.165, 1.54) is 0 Å². The maximum atomic E-state index is 14.6. The molecule has 45 heavy (non-hydrogen) atoms. The van der Waals surface area contributed by atoms with Crippen molar-refractivity contribution in [3.63, 3.8) is 0 Å². The van der Waals surface area contributed by atoms with Crippen LogP contribution in [0.2, 0.25) is 0 Å². The van der Waals surface area contributed by atoms with E-state index in [0.717, 1.165) is 0 Å². The second kappa shape index (κ2) is 9.07. The van der Waals surface area contributed by atoms with E-state index in [4.69, 9.17) is 0 Å². The van der Waals surface area contributed by atoms with E-state index in [9.17, 15) is 132 Å². The third kappa shape index (κ3) is 3.78. The first-order chi connectivity index (χ1) is 18.8. The van der Waals surface area contributed by atoms with Gasteiger partial charge < -0.3 is 0 Å². The van der Waals surface area contributed by atoms with Gasteiger partial charge in [-0.3, -0.25) is 0 Å². The van der Waals surface area contributed by atoms with E-state index in [1.54, 1.807) is 0 Å². The molecule has 0 heterocycles. The molecule has 0 N–H and O–H groups in total. The van der Waals surface area contributed by atoms with Gasteiger partial charge >= 0.3 is 88.8 Å². The number of rotatable bonds is 7. The lowest BCUT2D eigenvalue weighted by Gasteiger charge is -2.49. The van der Waals surface area contributed by atoms with Crippen molar-refractivity contribution in [1.82, 2.24) is 0 Å². The minimum Gasteiger partial charge on any atom is -0.223 e. The molecule has 0 aromatic carbocycles.